The number of benzene rings is 2. The molecule has 4 rings (SSSR count). The van der Waals surface area contributed by atoms with Gasteiger partial charge in [-0.3, -0.25) is 19.2 Å². The molecule has 1 saturated carbocycles. The fraction of sp³-hybridized carbons (Fsp3) is 0.273. The van der Waals surface area contributed by atoms with Crippen LogP contribution in [0.2, 0.25) is 5.02 Å². The predicted octanol–water partition coefficient (Wildman–Crippen LogP) is 4.65. The Morgan fingerprint density at radius 2 is 1.74 bits per heavy atom. The number of rotatable bonds is 6. The lowest BCUT2D eigenvalue weighted by Crippen LogP contribution is -2.28. The van der Waals surface area contributed by atoms with E-state index in [4.69, 9.17) is 39.5 Å². The SMILES string of the molecule is O=C1CCC(C(=O)Nc2c(F)ccc(NC(=O)c3cc(NC(=O)C4CC4(Cl)Cl)ccc3Cl)c2F)O1. The second-order valence-electron chi connectivity index (χ2n) is 7.95. The summed E-state index contributed by atoms with van der Waals surface area (Å²) in [5, 5.41) is 6.87. The molecule has 8 nitrogen and oxygen atoms in total. The van der Waals surface area contributed by atoms with Gasteiger partial charge in [-0.2, -0.15) is 0 Å². The average Bonchev–Trinajstić information content (AvgIpc) is 3.22. The van der Waals surface area contributed by atoms with Crippen LogP contribution in [0.1, 0.15) is 29.6 Å². The van der Waals surface area contributed by atoms with Gasteiger partial charge in [0.25, 0.3) is 11.8 Å². The number of hydrogen-bond acceptors (Lipinski definition) is 5. The van der Waals surface area contributed by atoms with E-state index in [2.05, 4.69) is 10.6 Å². The monoisotopic (exact) mass is 545 g/mol. The molecule has 0 aromatic heterocycles. The van der Waals surface area contributed by atoms with Crippen LogP contribution in [0.4, 0.5) is 25.8 Å². The number of amides is 3. The first-order valence-corrected chi connectivity index (χ1v) is 11.4. The van der Waals surface area contributed by atoms with E-state index in [-0.39, 0.29) is 35.5 Å². The van der Waals surface area contributed by atoms with E-state index >= 15 is 0 Å². The van der Waals surface area contributed by atoms with Crippen molar-refractivity contribution in [2.45, 2.75) is 29.7 Å². The Labute approximate surface area is 212 Å². The van der Waals surface area contributed by atoms with E-state index in [1.807, 2.05) is 5.32 Å². The predicted molar refractivity (Wildman–Crippen MR) is 125 cm³/mol. The third-order valence-electron chi connectivity index (χ3n) is 5.39. The van der Waals surface area contributed by atoms with Crippen LogP contribution < -0.4 is 16.0 Å². The summed E-state index contributed by atoms with van der Waals surface area (Å²) < 4.78 is 32.8. The molecule has 3 amide bonds. The van der Waals surface area contributed by atoms with Crippen LogP contribution in [0.3, 0.4) is 0 Å². The van der Waals surface area contributed by atoms with E-state index in [0.717, 1.165) is 12.1 Å². The number of hydrogen-bond donors (Lipinski definition) is 3. The number of anilines is 3. The van der Waals surface area contributed by atoms with Gasteiger partial charge in [-0.05, 0) is 36.8 Å². The minimum Gasteiger partial charge on any atom is -0.452 e. The van der Waals surface area contributed by atoms with Crippen molar-refractivity contribution in [3.63, 3.8) is 0 Å². The molecular formula is C22H16Cl3F2N3O5. The van der Waals surface area contributed by atoms with Gasteiger partial charge in [0, 0.05) is 18.5 Å². The second kappa shape index (κ2) is 9.60. The van der Waals surface area contributed by atoms with Crippen LogP contribution in [0.25, 0.3) is 0 Å². The summed E-state index contributed by atoms with van der Waals surface area (Å²) in [4.78, 5) is 48.4. The van der Waals surface area contributed by atoms with Gasteiger partial charge < -0.3 is 20.7 Å². The number of alkyl halides is 2. The van der Waals surface area contributed by atoms with Gasteiger partial charge in [-0.1, -0.05) is 11.6 Å². The quantitative estimate of drug-likeness (QED) is 0.361. The number of nitrogens with one attached hydrogen (secondary N) is 3. The summed E-state index contributed by atoms with van der Waals surface area (Å²) in [6.45, 7) is 0. The van der Waals surface area contributed by atoms with Crippen LogP contribution in [-0.2, 0) is 19.1 Å². The number of halogens is 5. The zero-order chi connectivity index (χ0) is 25.5. The van der Waals surface area contributed by atoms with Gasteiger partial charge in [0.15, 0.2) is 11.9 Å². The molecular weight excluding hydrogens is 531 g/mol. The van der Waals surface area contributed by atoms with E-state index in [9.17, 15) is 28.0 Å². The zero-order valence-corrected chi connectivity index (χ0v) is 19.9. The summed E-state index contributed by atoms with van der Waals surface area (Å²) in [5.74, 6) is -5.77. The Balaban J connectivity index is 1.49. The molecule has 0 radical (unpaired) electrons. The molecule has 1 saturated heterocycles. The topological polar surface area (TPSA) is 114 Å². The number of carbonyl (C=O) groups excluding carboxylic acids is 4. The van der Waals surface area contributed by atoms with Gasteiger partial charge in [0.05, 0.1) is 22.2 Å². The summed E-state index contributed by atoms with van der Waals surface area (Å²) >= 11 is 17.9. The molecule has 1 aliphatic heterocycles. The Hall–Kier alpha value is -2.95. The van der Waals surface area contributed by atoms with Crippen LogP contribution in [0, 0.1) is 17.6 Å². The molecule has 2 aliphatic rings. The molecule has 2 atom stereocenters. The van der Waals surface area contributed by atoms with Crippen molar-refractivity contribution in [3.8, 4) is 0 Å². The summed E-state index contributed by atoms with van der Waals surface area (Å²) in [7, 11) is 0. The van der Waals surface area contributed by atoms with E-state index in [1.54, 1.807) is 0 Å². The number of carbonyl (C=O) groups is 4. The first kappa shape index (κ1) is 25.2. The summed E-state index contributed by atoms with van der Waals surface area (Å²) in [6.07, 6.45) is -0.796. The van der Waals surface area contributed by atoms with Gasteiger partial charge >= 0.3 is 5.97 Å². The van der Waals surface area contributed by atoms with Crippen molar-refractivity contribution in [2.75, 3.05) is 16.0 Å². The Kier molecular flexibility index (Phi) is 6.90. The number of esters is 1. The highest BCUT2D eigenvalue weighted by Gasteiger charge is 2.56. The molecule has 2 unspecified atom stereocenters. The van der Waals surface area contributed by atoms with E-state index in [0.29, 0.717) is 0 Å². The van der Waals surface area contributed by atoms with Crippen molar-refractivity contribution in [1.82, 2.24) is 0 Å². The van der Waals surface area contributed by atoms with Crippen molar-refractivity contribution in [1.29, 1.82) is 0 Å². The van der Waals surface area contributed by atoms with Crippen LogP contribution in [0.5, 0.6) is 0 Å². The van der Waals surface area contributed by atoms with E-state index < -0.39 is 63.1 Å². The standard InChI is InChI=1S/C22H16Cl3F2N3O5/c23-12-2-1-9(28-20(33)11-8-22(11,24)25)7-10(12)19(32)29-14-4-3-13(26)18(17(14)27)30-21(34)15-5-6-16(31)35-15/h1-4,7,11,15H,5-6,8H2,(H,28,33)(H,29,32)(H,30,34). The normalized spacial score (nSPS) is 20.1. The highest BCUT2D eigenvalue weighted by molar-refractivity contribution is 6.52. The van der Waals surface area contributed by atoms with Crippen molar-refractivity contribution >= 4 is 75.6 Å². The van der Waals surface area contributed by atoms with Gasteiger partial charge in [0.1, 0.15) is 15.8 Å². The Bertz CT molecular complexity index is 1260. The van der Waals surface area contributed by atoms with Crippen molar-refractivity contribution < 1.29 is 32.7 Å². The third kappa shape index (κ3) is 5.50. The van der Waals surface area contributed by atoms with Crippen LogP contribution in [0.15, 0.2) is 30.3 Å². The average molecular weight is 547 g/mol. The lowest BCUT2D eigenvalue weighted by molar-refractivity contribution is -0.146. The third-order valence-corrected chi connectivity index (χ3v) is 6.55. The molecule has 0 spiro atoms. The first-order chi connectivity index (χ1) is 16.5. The van der Waals surface area contributed by atoms with Crippen LogP contribution >= 0.6 is 34.8 Å². The summed E-state index contributed by atoms with van der Waals surface area (Å²) in [5.41, 5.74) is -1.17. The molecule has 13 heteroatoms. The molecule has 2 aromatic rings. The maximum Gasteiger partial charge on any atom is 0.306 e. The molecule has 2 aromatic carbocycles. The molecule has 184 valence electrons. The zero-order valence-electron chi connectivity index (χ0n) is 17.6. The fourth-order valence-corrected chi connectivity index (χ4v) is 4.08. The number of cyclic esters (lactones) is 1. The van der Waals surface area contributed by atoms with Gasteiger partial charge in [0.2, 0.25) is 5.91 Å². The van der Waals surface area contributed by atoms with Crippen LogP contribution in [-0.4, -0.2) is 34.1 Å². The lowest BCUT2D eigenvalue weighted by atomic mass is 10.1. The van der Waals surface area contributed by atoms with Gasteiger partial charge in [-0.25, -0.2) is 8.78 Å². The largest absolute Gasteiger partial charge is 0.452 e. The molecule has 0 bridgehead atoms. The van der Waals surface area contributed by atoms with E-state index in [1.165, 1.54) is 18.2 Å². The highest BCUT2D eigenvalue weighted by Crippen LogP contribution is 2.53. The molecule has 2 fully saturated rings. The Morgan fingerprint density at radius 1 is 1.03 bits per heavy atom. The van der Waals surface area contributed by atoms with Crippen molar-refractivity contribution in [3.05, 3.63) is 52.6 Å². The molecule has 1 heterocycles. The smallest absolute Gasteiger partial charge is 0.306 e. The lowest BCUT2D eigenvalue weighted by Gasteiger charge is -2.15. The fourth-order valence-electron chi connectivity index (χ4n) is 3.37. The minimum atomic E-state index is -1.26. The highest BCUT2D eigenvalue weighted by atomic mass is 35.5. The van der Waals surface area contributed by atoms with Gasteiger partial charge in [-0.15, -0.1) is 23.2 Å². The van der Waals surface area contributed by atoms with Crippen molar-refractivity contribution in [2.24, 2.45) is 5.92 Å². The number of ether oxygens (including phenoxy) is 1. The molecule has 35 heavy (non-hydrogen) atoms. The molecule has 1 aliphatic carbocycles. The first-order valence-electron chi connectivity index (χ1n) is 10.2. The minimum absolute atomic E-state index is 0.00458. The maximum absolute atomic E-state index is 15.0. The summed E-state index contributed by atoms with van der Waals surface area (Å²) in [6, 6.07) is 5.86. The second-order valence-corrected chi connectivity index (χ2v) is 9.90. The maximum atomic E-state index is 15.0. The Morgan fingerprint density at radius 3 is 2.37 bits per heavy atom. The molecule has 3 N–H and O–H groups in total.